The molecule has 0 spiro atoms. The molecule has 0 aliphatic rings. The Hall–Kier alpha value is -2.78. The predicted molar refractivity (Wildman–Crippen MR) is 164 cm³/mol. The summed E-state index contributed by atoms with van der Waals surface area (Å²) >= 11 is 3.59. The Balaban J connectivity index is 1.33. The molecule has 0 saturated heterocycles. The molecule has 0 aliphatic heterocycles. The normalized spacial score (nSPS) is 11.5. The van der Waals surface area contributed by atoms with Gasteiger partial charge in [0.15, 0.2) is 0 Å². The van der Waals surface area contributed by atoms with Gasteiger partial charge < -0.3 is 0 Å². The van der Waals surface area contributed by atoms with E-state index in [1.807, 2.05) is 9.03 Å². The molecule has 38 heavy (non-hydrogen) atoms. The Kier molecular flexibility index (Phi) is 7.74. The van der Waals surface area contributed by atoms with E-state index >= 15 is 0 Å². The highest BCUT2D eigenvalue weighted by molar-refractivity contribution is 8.76. The van der Waals surface area contributed by atoms with Gasteiger partial charge >= 0.3 is 0 Å². The third-order valence-corrected chi connectivity index (χ3v) is 10.9. The second-order valence-corrected chi connectivity index (χ2v) is 13.1. The number of benzene rings is 2. The summed E-state index contributed by atoms with van der Waals surface area (Å²) in [4.78, 5) is 2.40. The van der Waals surface area contributed by atoms with Crippen LogP contribution in [0, 0.1) is 13.8 Å². The van der Waals surface area contributed by atoms with Crippen molar-refractivity contribution in [2.45, 2.75) is 45.2 Å². The monoisotopic (exact) mass is 570 g/mol. The van der Waals surface area contributed by atoms with Crippen LogP contribution in [0.1, 0.15) is 22.3 Å². The zero-order valence-electron chi connectivity index (χ0n) is 21.1. The highest BCUT2D eigenvalue weighted by Crippen LogP contribution is 2.48. The molecule has 0 fully saturated rings. The molecular formula is C30H26N4S4. The molecule has 0 bridgehead atoms. The Bertz CT molecular complexity index is 1570. The van der Waals surface area contributed by atoms with Crippen LogP contribution in [-0.2, 0) is 11.5 Å². The lowest BCUT2D eigenvalue weighted by Gasteiger charge is -2.05. The molecule has 4 aromatic heterocycles. The van der Waals surface area contributed by atoms with Crippen LogP contribution >= 0.6 is 45.1 Å². The zero-order valence-corrected chi connectivity index (χ0v) is 24.3. The molecular weight excluding hydrogens is 545 g/mol. The molecule has 4 nitrogen and oxygen atoms in total. The van der Waals surface area contributed by atoms with Gasteiger partial charge in [-0.2, -0.15) is 10.2 Å². The van der Waals surface area contributed by atoms with Gasteiger partial charge in [0.25, 0.3) is 0 Å². The van der Waals surface area contributed by atoms with E-state index in [0.29, 0.717) is 0 Å². The van der Waals surface area contributed by atoms with Crippen molar-refractivity contribution in [3.05, 3.63) is 120 Å². The Morgan fingerprint density at radius 2 is 1.00 bits per heavy atom. The number of aromatic nitrogens is 4. The van der Waals surface area contributed by atoms with Gasteiger partial charge in [0.2, 0.25) is 0 Å². The molecule has 0 N–H and O–H groups in total. The first kappa shape index (κ1) is 25.5. The highest BCUT2D eigenvalue weighted by atomic mass is 33.1. The number of fused-ring (bicyclic) bond motifs is 2. The lowest BCUT2D eigenvalue weighted by Crippen LogP contribution is -1.86. The van der Waals surface area contributed by atoms with Gasteiger partial charge in [-0.15, -0.1) is 0 Å². The van der Waals surface area contributed by atoms with Crippen molar-refractivity contribution in [2.24, 2.45) is 0 Å². The maximum atomic E-state index is 4.96. The van der Waals surface area contributed by atoms with E-state index in [9.17, 15) is 0 Å². The lowest BCUT2D eigenvalue weighted by molar-refractivity contribution is 0.892. The van der Waals surface area contributed by atoms with E-state index in [-0.39, 0.29) is 0 Å². The smallest absolute Gasteiger partial charge is 0.134 e. The minimum Gasteiger partial charge on any atom is -0.239 e. The molecule has 6 aromatic rings. The fourth-order valence-corrected chi connectivity index (χ4v) is 9.12. The number of hydrogen-bond donors (Lipinski definition) is 0. The summed E-state index contributed by atoms with van der Waals surface area (Å²) in [5.41, 5.74) is 7.34. The van der Waals surface area contributed by atoms with E-state index in [1.54, 1.807) is 45.1 Å². The van der Waals surface area contributed by atoms with Gasteiger partial charge in [-0.05, 0) is 82.0 Å². The molecule has 0 aliphatic carbocycles. The van der Waals surface area contributed by atoms with Gasteiger partial charge in [-0.1, -0.05) is 84.2 Å². The average Bonchev–Trinajstić information content (AvgIpc) is 3.47. The molecule has 8 heteroatoms. The first-order valence-electron chi connectivity index (χ1n) is 12.3. The van der Waals surface area contributed by atoms with Crippen LogP contribution in [0.3, 0.4) is 0 Å². The summed E-state index contributed by atoms with van der Waals surface area (Å²) in [6, 6.07) is 29.9. The van der Waals surface area contributed by atoms with Crippen LogP contribution in [0.5, 0.6) is 0 Å². The van der Waals surface area contributed by atoms with E-state index < -0.39 is 0 Å². The third-order valence-electron chi connectivity index (χ3n) is 6.08. The van der Waals surface area contributed by atoms with E-state index in [2.05, 4.69) is 111 Å². The largest absolute Gasteiger partial charge is 0.239 e. The van der Waals surface area contributed by atoms with Gasteiger partial charge in [0, 0.05) is 23.9 Å². The standard InChI is InChI=1S/C30H26N4S4/c1-21-13-15-33-25(17-21)27(29(31-33)35-19-23-9-5-3-6-10-23)37-38-28-26-18-22(2)14-16-34(26)32-30(28)36-20-24-11-7-4-8-12-24/h3-18H,19-20H2,1-2H3. The van der Waals surface area contributed by atoms with Crippen molar-refractivity contribution in [1.82, 2.24) is 19.2 Å². The fraction of sp³-hybridized carbons (Fsp3) is 0.133. The first-order chi connectivity index (χ1) is 18.6. The Morgan fingerprint density at radius 1 is 0.579 bits per heavy atom. The number of rotatable bonds is 9. The summed E-state index contributed by atoms with van der Waals surface area (Å²) in [5, 5.41) is 12.0. The summed E-state index contributed by atoms with van der Waals surface area (Å²) in [6.45, 7) is 4.27. The molecule has 4 heterocycles. The van der Waals surface area contributed by atoms with E-state index in [0.717, 1.165) is 32.6 Å². The fourth-order valence-electron chi connectivity index (χ4n) is 4.10. The van der Waals surface area contributed by atoms with E-state index in [4.69, 9.17) is 10.2 Å². The maximum absolute atomic E-state index is 4.96. The maximum Gasteiger partial charge on any atom is 0.134 e. The van der Waals surface area contributed by atoms with Crippen molar-refractivity contribution in [2.75, 3.05) is 0 Å². The van der Waals surface area contributed by atoms with Crippen molar-refractivity contribution < 1.29 is 0 Å². The zero-order chi connectivity index (χ0) is 25.9. The third kappa shape index (κ3) is 5.64. The molecule has 0 saturated carbocycles. The Morgan fingerprint density at radius 3 is 1.42 bits per heavy atom. The number of aryl methyl sites for hydroxylation is 2. The first-order valence-corrected chi connectivity index (χ1v) is 16.4. The summed E-state index contributed by atoms with van der Waals surface area (Å²) < 4.78 is 4.02. The van der Waals surface area contributed by atoms with Gasteiger partial charge in [0.1, 0.15) is 10.1 Å². The van der Waals surface area contributed by atoms with Crippen LogP contribution in [0.2, 0.25) is 0 Å². The molecule has 0 radical (unpaired) electrons. The van der Waals surface area contributed by atoms with E-state index in [1.165, 1.54) is 32.0 Å². The number of pyridine rings is 2. The number of hydrogen-bond acceptors (Lipinski definition) is 6. The summed E-state index contributed by atoms with van der Waals surface area (Å²) in [7, 11) is 3.57. The van der Waals surface area contributed by atoms with Gasteiger partial charge in [-0.25, -0.2) is 9.03 Å². The minimum absolute atomic E-state index is 0.885. The minimum atomic E-state index is 0.885. The van der Waals surface area contributed by atoms with Crippen LogP contribution in [0.15, 0.2) is 117 Å². The molecule has 190 valence electrons. The second kappa shape index (κ2) is 11.5. The number of thioether (sulfide) groups is 2. The van der Waals surface area contributed by atoms with Crippen LogP contribution in [0.4, 0.5) is 0 Å². The molecule has 0 amide bonds. The van der Waals surface area contributed by atoms with Crippen LogP contribution in [0.25, 0.3) is 11.0 Å². The lowest BCUT2D eigenvalue weighted by atomic mass is 10.2. The molecule has 6 rings (SSSR count). The van der Waals surface area contributed by atoms with Crippen LogP contribution in [-0.4, -0.2) is 19.2 Å². The molecule has 0 atom stereocenters. The predicted octanol–water partition coefficient (Wildman–Crippen LogP) is 8.98. The quantitative estimate of drug-likeness (QED) is 0.127. The van der Waals surface area contributed by atoms with Gasteiger partial charge in [-0.3, -0.25) is 0 Å². The second-order valence-electron chi connectivity index (χ2n) is 9.05. The van der Waals surface area contributed by atoms with Crippen LogP contribution < -0.4 is 0 Å². The molecule has 2 aromatic carbocycles. The SMILES string of the molecule is Cc1ccn2nc(SCc3ccccc3)c(SSc3c(SCc4ccccc4)nn4ccc(C)cc34)c2c1. The summed E-state index contributed by atoms with van der Waals surface area (Å²) in [6.07, 6.45) is 4.12. The van der Waals surface area contributed by atoms with Gasteiger partial charge in [0.05, 0.1) is 20.8 Å². The Labute approximate surface area is 239 Å². The topological polar surface area (TPSA) is 34.6 Å². The molecule has 0 unspecified atom stereocenters. The average molecular weight is 571 g/mol. The number of nitrogens with zero attached hydrogens (tertiary/aromatic N) is 4. The van der Waals surface area contributed by atoms with Crippen molar-refractivity contribution in [3.63, 3.8) is 0 Å². The summed E-state index contributed by atoms with van der Waals surface area (Å²) in [5.74, 6) is 1.77. The highest BCUT2D eigenvalue weighted by Gasteiger charge is 2.20. The van der Waals surface area contributed by atoms with Crippen molar-refractivity contribution >= 4 is 56.1 Å². The van der Waals surface area contributed by atoms with Crippen molar-refractivity contribution in [1.29, 1.82) is 0 Å². The van der Waals surface area contributed by atoms with Crippen molar-refractivity contribution in [3.8, 4) is 0 Å².